The third-order valence-electron chi connectivity index (χ3n) is 4.84. The maximum Gasteiger partial charge on any atom is 0.254 e. The second-order valence-electron chi connectivity index (χ2n) is 7.00. The van der Waals surface area contributed by atoms with Crippen LogP contribution in [0.3, 0.4) is 0 Å². The Bertz CT molecular complexity index is 1090. The van der Waals surface area contributed by atoms with Crippen LogP contribution in [-0.4, -0.2) is 62.0 Å². The summed E-state index contributed by atoms with van der Waals surface area (Å²) < 4.78 is 27.8. The average molecular weight is 548 g/mol. The predicted molar refractivity (Wildman–Crippen MR) is 126 cm³/mol. The van der Waals surface area contributed by atoms with Crippen molar-refractivity contribution in [2.75, 3.05) is 32.7 Å². The van der Waals surface area contributed by atoms with Gasteiger partial charge < -0.3 is 0 Å². The number of carbonyl (C=O) groups excluding carboxylic acids is 1. The first kappa shape index (κ1) is 24.2. The van der Waals surface area contributed by atoms with Crippen LogP contribution in [-0.2, 0) is 14.8 Å². The molecule has 1 N–H and O–H groups in total. The van der Waals surface area contributed by atoms with Gasteiger partial charge in [0.1, 0.15) is 0 Å². The van der Waals surface area contributed by atoms with E-state index in [2.05, 4.69) is 26.5 Å². The van der Waals surface area contributed by atoms with Gasteiger partial charge >= 0.3 is 0 Å². The highest BCUT2D eigenvalue weighted by molar-refractivity contribution is 9.10. The zero-order valence-electron chi connectivity index (χ0n) is 16.7. The molecule has 0 spiro atoms. The minimum Gasteiger partial charge on any atom is -0.292 e. The van der Waals surface area contributed by atoms with Gasteiger partial charge in [0.2, 0.25) is 10.0 Å². The zero-order valence-corrected chi connectivity index (χ0v) is 20.6. The van der Waals surface area contributed by atoms with Gasteiger partial charge in [0, 0.05) is 30.7 Å². The van der Waals surface area contributed by atoms with Crippen molar-refractivity contribution in [3.8, 4) is 0 Å². The second-order valence-corrected chi connectivity index (χ2v) is 10.7. The van der Waals surface area contributed by atoms with Crippen LogP contribution in [0.15, 0.2) is 56.9 Å². The van der Waals surface area contributed by atoms with Crippen molar-refractivity contribution < 1.29 is 13.2 Å². The molecule has 31 heavy (non-hydrogen) atoms. The lowest BCUT2D eigenvalue weighted by atomic mass is 10.1. The van der Waals surface area contributed by atoms with Gasteiger partial charge in [0.05, 0.1) is 27.2 Å². The van der Waals surface area contributed by atoms with E-state index in [-0.39, 0.29) is 17.3 Å². The Hall–Kier alpha value is -1.49. The molecular weight excluding hydrogens is 527 g/mol. The number of nitrogens with one attached hydrogen (secondary N) is 1. The van der Waals surface area contributed by atoms with Crippen LogP contribution in [0.25, 0.3) is 0 Å². The monoisotopic (exact) mass is 546 g/mol. The third-order valence-corrected chi connectivity index (χ3v) is 8.02. The Morgan fingerprint density at radius 3 is 2.32 bits per heavy atom. The van der Waals surface area contributed by atoms with E-state index in [0.717, 1.165) is 10.0 Å². The zero-order chi connectivity index (χ0) is 22.6. The van der Waals surface area contributed by atoms with E-state index in [1.54, 1.807) is 49.4 Å². The molecule has 0 atom stereocenters. The molecule has 0 aromatic heterocycles. The number of halogens is 3. The molecule has 1 aliphatic heterocycles. The van der Waals surface area contributed by atoms with Gasteiger partial charge in [0.25, 0.3) is 5.91 Å². The van der Waals surface area contributed by atoms with Crippen LogP contribution in [0.4, 0.5) is 0 Å². The van der Waals surface area contributed by atoms with Crippen molar-refractivity contribution in [1.29, 1.82) is 0 Å². The summed E-state index contributed by atoms with van der Waals surface area (Å²) >= 11 is 15.2. The number of nitrogens with zero attached hydrogens (tertiary/aromatic N) is 3. The molecule has 2 aromatic rings. The SMILES string of the molecule is C/C(=N\NC(=O)CN1CCN(S(=O)(=O)c2ccc(Br)cc2)CC1)c1ccc(Cl)c(Cl)c1. The molecule has 3 rings (SSSR count). The van der Waals surface area contributed by atoms with E-state index >= 15 is 0 Å². The highest BCUT2D eigenvalue weighted by Crippen LogP contribution is 2.23. The number of hydrazone groups is 1. The molecule has 11 heteroatoms. The van der Waals surface area contributed by atoms with Gasteiger partial charge in [-0.1, -0.05) is 45.2 Å². The predicted octanol–water partition coefficient (Wildman–Crippen LogP) is 3.60. The first-order chi connectivity index (χ1) is 14.7. The highest BCUT2D eigenvalue weighted by atomic mass is 79.9. The van der Waals surface area contributed by atoms with Gasteiger partial charge in [-0.05, 0) is 48.9 Å². The molecule has 1 saturated heterocycles. The Kier molecular flexibility index (Phi) is 8.12. The molecule has 166 valence electrons. The molecule has 1 amide bonds. The summed E-state index contributed by atoms with van der Waals surface area (Å²) in [4.78, 5) is 14.4. The van der Waals surface area contributed by atoms with Crippen LogP contribution in [0.2, 0.25) is 10.0 Å². The van der Waals surface area contributed by atoms with Crippen molar-refractivity contribution in [2.24, 2.45) is 5.10 Å². The summed E-state index contributed by atoms with van der Waals surface area (Å²) in [7, 11) is -3.55. The van der Waals surface area contributed by atoms with Crippen LogP contribution >= 0.6 is 39.1 Å². The smallest absolute Gasteiger partial charge is 0.254 e. The van der Waals surface area contributed by atoms with Crippen LogP contribution in [0, 0.1) is 0 Å². The van der Waals surface area contributed by atoms with Gasteiger partial charge in [0.15, 0.2) is 0 Å². The van der Waals surface area contributed by atoms with E-state index in [9.17, 15) is 13.2 Å². The largest absolute Gasteiger partial charge is 0.292 e. The fraction of sp³-hybridized carbons (Fsp3) is 0.300. The average Bonchev–Trinajstić information content (AvgIpc) is 2.74. The van der Waals surface area contributed by atoms with Crippen molar-refractivity contribution in [1.82, 2.24) is 14.6 Å². The summed E-state index contributed by atoms with van der Waals surface area (Å²) in [5, 5.41) is 4.97. The molecule has 0 unspecified atom stereocenters. The Morgan fingerprint density at radius 2 is 1.71 bits per heavy atom. The topological polar surface area (TPSA) is 82.1 Å². The Morgan fingerprint density at radius 1 is 1.06 bits per heavy atom. The molecule has 0 aliphatic carbocycles. The van der Waals surface area contributed by atoms with Gasteiger partial charge in [-0.2, -0.15) is 9.41 Å². The van der Waals surface area contributed by atoms with E-state index in [1.165, 1.54) is 4.31 Å². The van der Waals surface area contributed by atoms with Crippen molar-refractivity contribution in [3.63, 3.8) is 0 Å². The fourth-order valence-corrected chi connectivity index (χ4v) is 5.04. The maximum atomic E-state index is 12.8. The van der Waals surface area contributed by atoms with Gasteiger partial charge in [-0.15, -0.1) is 0 Å². The number of benzene rings is 2. The number of amides is 1. The lowest BCUT2D eigenvalue weighted by molar-refractivity contribution is -0.122. The quantitative estimate of drug-likeness (QED) is 0.442. The van der Waals surface area contributed by atoms with Crippen molar-refractivity contribution >= 4 is 60.8 Å². The Labute approximate surface area is 200 Å². The number of carbonyl (C=O) groups is 1. The standard InChI is InChI=1S/C20H21BrCl2N4O3S/c1-14(15-2-7-18(22)19(23)12-15)24-25-20(28)13-26-8-10-27(11-9-26)31(29,30)17-5-3-16(21)4-6-17/h2-7,12H,8-11,13H2,1H3,(H,25,28)/b24-14+. The molecule has 0 saturated carbocycles. The Balaban J connectivity index is 1.51. The highest BCUT2D eigenvalue weighted by Gasteiger charge is 2.29. The molecule has 7 nitrogen and oxygen atoms in total. The molecular formula is C20H21BrCl2N4O3S. The molecule has 0 bridgehead atoms. The van der Waals surface area contributed by atoms with Crippen molar-refractivity contribution in [3.05, 3.63) is 62.5 Å². The van der Waals surface area contributed by atoms with Gasteiger partial charge in [-0.3, -0.25) is 9.69 Å². The summed E-state index contributed by atoms with van der Waals surface area (Å²) in [6.45, 7) is 3.43. The number of piperazine rings is 1. The summed E-state index contributed by atoms with van der Waals surface area (Å²) in [5.74, 6) is -0.274. The van der Waals surface area contributed by atoms with Gasteiger partial charge in [-0.25, -0.2) is 13.8 Å². The minimum absolute atomic E-state index is 0.129. The number of hydrogen-bond acceptors (Lipinski definition) is 5. The first-order valence-corrected chi connectivity index (χ1v) is 12.4. The lowest BCUT2D eigenvalue weighted by Crippen LogP contribution is -2.50. The molecule has 0 radical (unpaired) electrons. The normalized spacial score (nSPS) is 16.3. The van der Waals surface area contributed by atoms with E-state index in [1.807, 2.05) is 4.90 Å². The van der Waals surface area contributed by atoms with E-state index < -0.39 is 10.0 Å². The lowest BCUT2D eigenvalue weighted by Gasteiger charge is -2.33. The van der Waals surface area contributed by atoms with Crippen molar-refractivity contribution in [2.45, 2.75) is 11.8 Å². The number of hydrogen-bond donors (Lipinski definition) is 1. The fourth-order valence-electron chi connectivity index (χ4n) is 3.05. The molecule has 1 fully saturated rings. The molecule has 2 aromatic carbocycles. The molecule has 1 aliphatic rings. The van der Waals surface area contributed by atoms with Crippen LogP contribution in [0.5, 0.6) is 0 Å². The maximum absolute atomic E-state index is 12.8. The van der Waals surface area contributed by atoms with Crippen LogP contribution in [0.1, 0.15) is 12.5 Å². The first-order valence-electron chi connectivity index (χ1n) is 9.43. The summed E-state index contributed by atoms with van der Waals surface area (Å²) in [5.41, 5.74) is 3.88. The molecule has 1 heterocycles. The van der Waals surface area contributed by atoms with E-state index in [0.29, 0.717) is 41.9 Å². The minimum atomic E-state index is -3.55. The van der Waals surface area contributed by atoms with E-state index in [4.69, 9.17) is 23.2 Å². The second kappa shape index (κ2) is 10.4. The summed E-state index contributed by atoms with van der Waals surface area (Å²) in [6.07, 6.45) is 0. The number of rotatable bonds is 6. The third kappa shape index (κ3) is 6.27. The van der Waals surface area contributed by atoms with Crippen LogP contribution < -0.4 is 5.43 Å². The summed E-state index contributed by atoms with van der Waals surface area (Å²) in [6, 6.07) is 11.7. The number of sulfonamides is 1.